The third-order valence-corrected chi connectivity index (χ3v) is 4.52. The summed E-state index contributed by atoms with van der Waals surface area (Å²) in [4.78, 5) is 22.4. The molecule has 0 bridgehead atoms. The fourth-order valence-corrected chi connectivity index (χ4v) is 3.33. The summed E-state index contributed by atoms with van der Waals surface area (Å²) in [6.07, 6.45) is 3.15. The Labute approximate surface area is 151 Å². The van der Waals surface area contributed by atoms with Gasteiger partial charge in [-0.1, -0.05) is 42.0 Å². The minimum atomic E-state index is -0.950. The Balaban J connectivity index is 1.98. The van der Waals surface area contributed by atoms with Crippen LogP contribution in [0, 0.1) is 6.92 Å². The van der Waals surface area contributed by atoms with E-state index in [0.29, 0.717) is 5.56 Å². The number of aromatic nitrogens is 1. The molecule has 1 aromatic heterocycles. The van der Waals surface area contributed by atoms with E-state index in [1.807, 2.05) is 25.1 Å². The molecule has 134 valence electrons. The predicted octanol–water partition coefficient (Wildman–Crippen LogP) is 3.45. The van der Waals surface area contributed by atoms with Gasteiger partial charge in [-0.05, 0) is 42.5 Å². The molecular weight excluding hydrogens is 330 g/mol. The van der Waals surface area contributed by atoms with E-state index in [1.165, 1.54) is 11.1 Å². The maximum atomic E-state index is 11.2. The molecule has 0 aliphatic heterocycles. The van der Waals surface area contributed by atoms with Gasteiger partial charge in [-0.3, -0.25) is 9.59 Å². The normalized spacial score (nSPS) is 11.0. The second-order valence-corrected chi connectivity index (χ2v) is 6.54. The molecule has 26 heavy (non-hydrogen) atoms. The Morgan fingerprint density at radius 2 is 1.65 bits per heavy atom. The lowest BCUT2D eigenvalue weighted by molar-refractivity contribution is -0.138. The average molecular weight is 351 g/mol. The molecule has 0 atom stereocenters. The van der Waals surface area contributed by atoms with Crippen molar-refractivity contribution >= 4 is 22.8 Å². The van der Waals surface area contributed by atoms with Crippen molar-refractivity contribution in [3.8, 4) is 0 Å². The van der Waals surface area contributed by atoms with E-state index in [1.54, 1.807) is 10.8 Å². The number of hydrogen-bond acceptors (Lipinski definition) is 2. The highest BCUT2D eigenvalue weighted by molar-refractivity contribution is 5.91. The zero-order valence-electron chi connectivity index (χ0n) is 14.6. The molecule has 0 saturated carbocycles. The summed E-state index contributed by atoms with van der Waals surface area (Å²) in [6, 6.07) is 14.1. The van der Waals surface area contributed by atoms with Crippen molar-refractivity contribution in [3.63, 3.8) is 0 Å². The summed E-state index contributed by atoms with van der Waals surface area (Å²) in [5.74, 6) is -1.87. The third kappa shape index (κ3) is 3.94. The van der Waals surface area contributed by atoms with Gasteiger partial charge >= 0.3 is 11.9 Å². The van der Waals surface area contributed by atoms with E-state index < -0.39 is 11.9 Å². The Kier molecular flexibility index (Phi) is 5.07. The summed E-state index contributed by atoms with van der Waals surface area (Å²) in [7, 11) is 0. The number of hydrogen-bond donors (Lipinski definition) is 2. The van der Waals surface area contributed by atoms with Gasteiger partial charge in [0, 0.05) is 17.1 Å². The molecule has 0 radical (unpaired) electrons. The zero-order valence-corrected chi connectivity index (χ0v) is 14.6. The first kappa shape index (κ1) is 17.7. The van der Waals surface area contributed by atoms with Crippen LogP contribution >= 0.6 is 0 Å². The molecule has 3 aromatic rings. The van der Waals surface area contributed by atoms with Gasteiger partial charge in [0.15, 0.2) is 0 Å². The smallest absolute Gasteiger partial charge is 0.323 e. The van der Waals surface area contributed by atoms with Crippen LogP contribution in [0.2, 0.25) is 0 Å². The number of fused-ring (bicyclic) bond motifs is 1. The van der Waals surface area contributed by atoms with E-state index in [2.05, 4.69) is 24.3 Å². The minimum absolute atomic E-state index is 0.120. The third-order valence-electron chi connectivity index (χ3n) is 4.52. The van der Waals surface area contributed by atoms with Crippen molar-refractivity contribution in [1.29, 1.82) is 0 Å². The van der Waals surface area contributed by atoms with Crippen molar-refractivity contribution in [1.82, 2.24) is 4.57 Å². The van der Waals surface area contributed by atoms with Gasteiger partial charge < -0.3 is 14.8 Å². The second-order valence-electron chi connectivity index (χ2n) is 6.54. The van der Waals surface area contributed by atoms with Gasteiger partial charge in [-0.25, -0.2) is 0 Å². The van der Waals surface area contributed by atoms with Gasteiger partial charge in [0.1, 0.15) is 6.54 Å². The summed E-state index contributed by atoms with van der Waals surface area (Å²) in [5, 5.41) is 19.2. The highest BCUT2D eigenvalue weighted by Gasteiger charge is 2.16. The molecule has 0 aliphatic carbocycles. The molecule has 0 unspecified atom stereocenters. The Morgan fingerprint density at radius 1 is 0.923 bits per heavy atom. The number of carboxylic acids is 2. The molecule has 5 heteroatoms. The topological polar surface area (TPSA) is 79.5 Å². The summed E-state index contributed by atoms with van der Waals surface area (Å²) < 4.78 is 1.62. The first-order valence-electron chi connectivity index (χ1n) is 8.53. The monoisotopic (exact) mass is 351 g/mol. The van der Waals surface area contributed by atoms with Crippen LogP contribution in [0.4, 0.5) is 0 Å². The second kappa shape index (κ2) is 7.44. The molecule has 2 aromatic carbocycles. The molecule has 5 nitrogen and oxygen atoms in total. The van der Waals surface area contributed by atoms with Crippen LogP contribution in [0.3, 0.4) is 0 Å². The van der Waals surface area contributed by atoms with Crippen LogP contribution in [0.15, 0.2) is 48.7 Å². The quantitative estimate of drug-likeness (QED) is 0.683. The number of benzene rings is 2. The van der Waals surface area contributed by atoms with Gasteiger partial charge in [-0.2, -0.15) is 0 Å². The van der Waals surface area contributed by atoms with Gasteiger partial charge in [0.25, 0.3) is 0 Å². The summed E-state index contributed by atoms with van der Waals surface area (Å²) in [6.45, 7) is 1.87. The van der Waals surface area contributed by atoms with Crippen LogP contribution in [-0.4, -0.2) is 26.7 Å². The SMILES string of the molecule is Cc1ccc(CCc2cccc3c2c(CC(=O)O)cn3CC(=O)O)cc1. The maximum Gasteiger partial charge on any atom is 0.323 e. The lowest BCUT2D eigenvalue weighted by atomic mass is 9.98. The van der Waals surface area contributed by atoms with Gasteiger partial charge in [-0.15, -0.1) is 0 Å². The van der Waals surface area contributed by atoms with Crippen LogP contribution < -0.4 is 0 Å². The fourth-order valence-electron chi connectivity index (χ4n) is 3.33. The standard InChI is InChI=1S/C21H21NO4/c1-14-5-7-15(8-6-14)9-10-16-3-2-4-18-21(16)17(11-19(23)24)12-22(18)13-20(25)26/h2-8,12H,9-11,13H2,1H3,(H,23,24)(H,25,26). The lowest BCUT2D eigenvalue weighted by Crippen LogP contribution is -2.07. The van der Waals surface area contributed by atoms with Crippen molar-refractivity contribution in [2.75, 3.05) is 0 Å². The number of nitrogens with zero attached hydrogens (tertiary/aromatic N) is 1. The Morgan fingerprint density at radius 3 is 2.31 bits per heavy atom. The Hall–Kier alpha value is -3.08. The van der Waals surface area contributed by atoms with Crippen molar-refractivity contribution < 1.29 is 19.8 Å². The largest absolute Gasteiger partial charge is 0.481 e. The van der Waals surface area contributed by atoms with Crippen LogP contribution in [0.5, 0.6) is 0 Å². The van der Waals surface area contributed by atoms with Gasteiger partial charge in [0.2, 0.25) is 0 Å². The number of aliphatic carboxylic acids is 2. The number of rotatable bonds is 7. The maximum absolute atomic E-state index is 11.2. The highest BCUT2D eigenvalue weighted by Crippen LogP contribution is 2.27. The van der Waals surface area contributed by atoms with E-state index in [-0.39, 0.29) is 13.0 Å². The number of aryl methyl sites for hydroxylation is 3. The highest BCUT2D eigenvalue weighted by atomic mass is 16.4. The van der Waals surface area contributed by atoms with Crippen molar-refractivity contribution in [2.24, 2.45) is 0 Å². The number of carboxylic acid groups (broad SMARTS) is 2. The molecule has 2 N–H and O–H groups in total. The summed E-state index contributed by atoms with van der Waals surface area (Å²) in [5.41, 5.74) is 4.91. The fraction of sp³-hybridized carbons (Fsp3) is 0.238. The van der Waals surface area contributed by atoms with Crippen LogP contribution in [0.1, 0.15) is 22.3 Å². The van der Waals surface area contributed by atoms with Gasteiger partial charge in [0.05, 0.1) is 6.42 Å². The zero-order chi connectivity index (χ0) is 18.7. The molecule has 0 amide bonds. The molecular formula is C21H21NO4. The van der Waals surface area contributed by atoms with E-state index >= 15 is 0 Å². The molecule has 0 fully saturated rings. The molecule has 3 rings (SSSR count). The summed E-state index contributed by atoms with van der Waals surface area (Å²) >= 11 is 0. The van der Waals surface area contributed by atoms with Crippen LogP contribution in [-0.2, 0) is 35.4 Å². The molecule has 0 spiro atoms. The first-order chi connectivity index (χ1) is 12.4. The predicted molar refractivity (Wildman–Crippen MR) is 99.5 cm³/mol. The van der Waals surface area contributed by atoms with E-state index in [9.17, 15) is 14.7 Å². The Bertz CT molecular complexity index is 954. The molecule has 0 aliphatic rings. The average Bonchev–Trinajstić information content (AvgIpc) is 2.91. The van der Waals surface area contributed by atoms with Crippen LogP contribution in [0.25, 0.3) is 10.9 Å². The van der Waals surface area contributed by atoms with E-state index in [0.717, 1.165) is 29.3 Å². The van der Waals surface area contributed by atoms with Crippen molar-refractivity contribution in [2.45, 2.75) is 32.7 Å². The lowest BCUT2D eigenvalue weighted by Gasteiger charge is -2.07. The van der Waals surface area contributed by atoms with Crippen molar-refractivity contribution in [3.05, 3.63) is 70.9 Å². The minimum Gasteiger partial charge on any atom is -0.481 e. The molecule has 1 heterocycles. The first-order valence-corrected chi connectivity index (χ1v) is 8.53. The van der Waals surface area contributed by atoms with E-state index in [4.69, 9.17) is 5.11 Å². The number of carbonyl (C=O) groups is 2. The molecule has 0 saturated heterocycles.